The largest absolute Gasteiger partial charge is 0.354 e. The number of carbonyl (C=O) groups is 3. The second-order valence-electron chi connectivity index (χ2n) is 3.50. The van der Waals surface area contributed by atoms with Crippen LogP contribution in [-0.2, 0) is 9.59 Å². The zero-order valence-corrected chi connectivity index (χ0v) is 9.47. The summed E-state index contributed by atoms with van der Waals surface area (Å²) < 4.78 is 0. The lowest BCUT2D eigenvalue weighted by Crippen LogP contribution is -2.51. The molecule has 0 saturated carbocycles. The molecule has 0 aromatic rings. The predicted octanol–water partition coefficient (Wildman–Crippen LogP) is -0.280. The van der Waals surface area contributed by atoms with Crippen LogP contribution in [0.1, 0.15) is 19.3 Å². The van der Waals surface area contributed by atoms with Gasteiger partial charge in [-0.2, -0.15) is 0 Å². The number of alkyl halides is 1. The van der Waals surface area contributed by atoms with Crippen molar-refractivity contribution in [3.05, 3.63) is 0 Å². The van der Waals surface area contributed by atoms with Crippen LogP contribution >= 0.6 is 11.6 Å². The highest BCUT2D eigenvalue weighted by Gasteiger charge is 2.19. The van der Waals surface area contributed by atoms with Gasteiger partial charge in [-0.25, -0.2) is 4.79 Å². The maximum absolute atomic E-state index is 11.3. The van der Waals surface area contributed by atoms with Crippen LogP contribution in [0.5, 0.6) is 0 Å². The normalized spacial score (nSPS) is 19.8. The van der Waals surface area contributed by atoms with Crippen molar-refractivity contribution in [3.63, 3.8) is 0 Å². The Kier molecular flexibility index (Phi) is 5.04. The SMILES string of the molecule is O=C1CCC(NC(=O)NC(=O)CCCl)CN1. The van der Waals surface area contributed by atoms with E-state index in [-0.39, 0.29) is 24.2 Å². The Labute approximate surface area is 98.1 Å². The van der Waals surface area contributed by atoms with Crippen molar-refractivity contribution in [1.29, 1.82) is 0 Å². The molecule has 90 valence electrons. The molecule has 1 aliphatic heterocycles. The van der Waals surface area contributed by atoms with E-state index in [1.807, 2.05) is 0 Å². The first kappa shape index (κ1) is 12.8. The van der Waals surface area contributed by atoms with Crippen LogP contribution in [-0.4, -0.2) is 36.3 Å². The molecule has 1 unspecified atom stereocenters. The molecule has 0 aromatic carbocycles. The molecule has 6 nitrogen and oxygen atoms in total. The van der Waals surface area contributed by atoms with Gasteiger partial charge in [0.2, 0.25) is 11.8 Å². The van der Waals surface area contributed by atoms with Gasteiger partial charge in [-0.1, -0.05) is 0 Å². The molecule has 1 heterocycles. The third-order valence-electron chi connectivity index (χ3n) is 2.18. The Morgan fingerprint density at radius 2 is 2.25 bits per heavy atom. The fourth-order valence-corrected chi connectivity index (χ4v) is 1.52. The van der Waals surface area contributed by atoms with Gasteiger partial charge in [-0.15, -0.1) is 11.6 Å². The number of amides is 4. The second kappa shape index (κ2) is 6.32. The molecule has 0 aliphatic carbocycles. The molecule has 16 heavy (non-hydrogen) atoms. The van der Waals surface area contributed by atoms with Crippen molar-refractivity contribution in [3.8, 4) is 0 Å². The summed E-state index contributed by atoms with van der Waals surface area (Å²) in [6.45, 7) is 0.399. The van der Waals surface area contributed by atoms with Gasteiger partial charge in [0.25, 0.3) is 0 Å². The van der Waals surface area contributed by atoms with Crippen LogP contribution in [0.2, 0.25) is 0 Å². The number of urea groups is 1. The van der Waals surface area contributed by atoms with Crippen LogP contribution in [0.25, 0.3) is 0 Å². The first-order valence-electron chi connectivity index (χ1n) is 5.05. The third kappa shape index (κ3) is 4.48. The van der Waals surface area contributed by atoms with Gasteiger partial charge in [-0.3, -0.25) is 14.9 Å². The lowest BCUT2D eigenvalue weighted by atomic mass is 10.1. The van der Waals surface area contributed by atoms with E-state index in [1.165, 1.54) is 0 Å². The molecule has 0 radical (unpaired) electrons. The molecule has 0 bridgehead atoms. The minimum absolute atomic E-state index is 0.0170. The van der Waals surface area contributed by atoms with Crippen LogP contribution in [0.3, 0.4) is 0 Å². The fourth-order valence-electron chi connectivity index (χ4n) is 1.35. The number of piperidine rings is 1. The number of hydrogen-bond acceptors (Lipinski definition) is 3. The third-order valence-corrected chi connectivity index (χ3v) is 2.36. The zero-order valence-electron chi connectivity index (χ0n) is 8.72. The monoisotopic (exact) mass is 247 g/mol. The molecule has 1 saturated heterocycles. The van der Waals surface area contributed by atoms with Crippen molar-refractivity contribution in [2.24, 2.45) is 0 Å². The van der Waals surface area contributed by atoms with Crippen LogP contribution in [0.4, 0.5) is 4.79 Å². The van der Waals surface area contributed by atoms with Crippen LogP contribution < -0.4 is 16.0 Å². The van der Waals surface area contributed by atoms with Crippen LogP contribution in [0, 0.1) is 0 Å². The van der Waals surface area contributed by atoms with E-state index in [9.17, 15) is 14.4 Å². The Morgan fingerprint density at radius 1 is 1.50 bits per heavy atom. The molecule has 0 aromatic heterocycles. The summed E-state index contributed by atoms with van der Waals surface area (Å²) in [6, 6.07) is -0.669. The molecule has 1 rings (SSSR count). The minimum atomic E-state index is -0.545. The summed E-state index contributed by atoms with van der Waals surface area (Å²) in [5, 5.41) is 7.38. The Balaban J connectivity index is 2.23. The van der Waals surface area contributed by atoms with E-state index in [0.29, 0.717) is 19.4 Å². The van der Waals surface area contributed by atoms with E-state index < -0.39 is 11.9 Å². The molecule has 1 fully saturated rings. The summed E-state index contributed by atoms with van der Waals surface area (Å²) in [5.74, 6) is -0.248. The summed E-state index contributed by atoms with van der Waals surface area (Å²) >= 11 is 5.35. The van der Waals surface area contributed by atoms with Gasteiger partial charge in [0, 0.05) is 31.3 Å². The van der Waals surface area contributed by atoms with E-state index in [2.05, 4.69) is 16.0 Å². The highest BCUT2D eigenvalue weighted by atomic mass is 35.5. The van der Waals surface area contributed by atoms with E-state index in [4.69, 9.17) is 11.6 Å². The van der Waals surface area contributed by atoms with Gasteiger partial charge in [0.1, 0.15) is 0 Å². The molecular weight excluding hydrogens is 234 g/mol. The average molecular weight is 248 g/mol. The molecule has 3 N–H and O–H groups in total. The molecule has 0 spiro atoms. The van der Waals surface area contributed by atoms with Crippen molar-refractivity contribution in [2.45, 2.75) is 25.3 Å². The predicted molar refractivity (Wildman–Crippen MR) is 58.0 cm³/mol. The molecule has 1 atom stereocenters. The number of rotatable bonds is 3. The summed E-state index contributed by atoms with van der Waals surface area (Å²) in [4.78, 5) is 33.1. The van der Waals surface area contributed by atoms with Crippen molar-refractivity contribution in [2.75, 3.05) is 12.4 Å². The van der Waals surface area contributed by atoms with E-state index in [0.717, 1.165) is 0 Å². The maximum Gasteiger partial charge on any atom is 0.321 e. The number of carbonyl (C=O) groups excluding carboxylic acids is 3. The number of hydrogen-bond donors (Lipinski definition) is 3. The number of imide groups is 1. The van der Waals surface area contributed by atoms with Crippen molar-refractivity contribution < 1.29 is 14.4 Å². The lowest BCUT2D eigenvalue weighted by molar-refractivity contribution is -0.122. The molecule has 4 amide bonds. The van der Waals surface area contributed by atoms with Crippen LogP contribution in [0.15, 0.2) is 0 Å². The van der Waals surface area contributed by atoms with Gasteiger partial charge in [0.05, 0.1) is 0 Å². The summed E-state index contributed by atoms with van der Waals surface area (Å²) in [7, 11) is 0. The van der Waals surface area contributed by atoms with E-state index in [1.54, 1.807) is 0 Å². The smallest absolute Gasteiger partial charge is 0.321 e. The quantitative estimate of drug-likeness (QED) is 0.600. The minimum Gasteiger partial charge on any atom is -0.354 e. The number of nitrogens with one attached hydrogen (secondary N) is 3. The lowest BCUT2D eigenvalue weighted by Gasteiger charge is -2.23. The first-order valence-corrected chi connectivity index (χ1v) is 5.58. The molecular formula is C9H14ClN3O3. The highest BCUT2D eigenvalue weighted by Crippen LogP contribution is 2.02. The fraction of sp³-hybridized carbons (Fsp3) is 0.667. The van der Waals surface area contributed by atoms with E-state index >= 15 is 0 Å². The highest BCUT2D eigenvalue weighted by molar-refractivity contribution is 6.19. The van der Waals surface area contributed by atoms with Gasteiger partial charge < -0.3 is 10.6 Å². The van der Waals surface area contributed by atoms with Gasteiger partial charge >= 0.3 is 6.03 Å². The zero-order chi connectivity index (χ0) is 12.0. The summed E-state index contributed by atoms with van der Waals surface area (Å²) in [5.41, 5.74) is 0. The van der Waals surface area contributed by atoms with Crippen molar-refractivity contribution in [1.82, 2.24) is 16.0 Å². The molecule has 1 aliphatic rings. The summed E-state index contributed by atoms with van der Waals surface area (Å²) in [6.07, 6.45) is 1.08. The first-order chi connectivity index (χ1) is 7.61. The second-order valence-corrected chi connectivity index (χ2v) is 3.88. The Morgan fingerprint density at radius 3 is 2.81 bits per heavy atom. The number of halogens is 1. The topological polar surface area (TPSA) is 87.3 Å². The Bertz CT molecular complexity index is 286. The van der Waals surface area contributed by atoms with Crippen molar-refractivity contribution >= 4 is 29.4 Å². The van der Waals surface area contributed by atoms with Gasteiger partial charge in [-0.05, 0) is 6.42 Å². The molecule has 7 heteroatoms. The average Bonchev–Trinajstić information content (AvgIpc) is 2.21. The standard InChI is InChI=1S/C9H14ClN3O3/c10-4-3-8(15)13-9(16)12-6-1-2-7(14)11-5-6/h6H,1-5H2,(H,11,14)(H2,12,13,15,16). The Hall–Kier alpha value is -1.30. The maximum atomic E-state index is 11.3. The van der Waals surface area contributed by atoms with Gasteiger partial charge in [0.15, 0.2) is 0 Å².